The van der Waals surface area contributed by atoms with E-state index in [9.17, 15) is 9.59 Å². The number of nitrogens with two attached hydrogens (primary N) is 1. The molecule has 4 rings (SSSR count). The highest BCUT2D eigenvalue weighted by molar-refractivity contribution is 6.31. The van der Waals surface area contributed by atoms with E-state index in [0.29, 0.717) is 33.3 Å². The first kappa shape index (κ1) is 19.2. The average Bonchev–Trinajstić information content (AvgIpc) is 3.40. The highest BCUT2D eigenvalue weighted by Gasteiger charge is 2.13. The summed E-state index contributed by atoms with van der Waals surface area (Å²) in [5.41, 5.74) is 7.29. The van der Waals surface area contributed by atoms with E-state index in [1.54, 1.807) is 42.5 Å². The molecule has 2 aromatic heterocycles. The first-order valence-electron chi connectivity index (χ1n) is 8.62. The van der Waals surface area contributed by atoms with Gasteiger partial charge in [-0.1, -0.05) is 23.7 Å². The van der Waals surface area contributed by atoms with Crippen molar-refractivity contribution in [2.45, 2.75) is 6.54 Å². The van der Waals surface area contributed by atoms with Gasteiger partial charge in [0.05, 0.1) is 11.4 Å². The summed E-state index contributed by atoms with van der Waals surface area (Å²) in [5, 5.41) is 19.3. The zero-order valence-electron chi connectivity index (χ0n) is 15.3. The monoisotopic (exact) mass is 423 g/mol. The normalized spacial score (nSPS) is 10.7. The Morgan fingerprint density at radius 2 is 1.93 bits per heavy atom. The zero-order valence-corrected chi connectivity index (χ0v) is 16.1. The molecule has 2 aromatic carbocycles. The van der Waals surface area contributed by atoms with Gasteiger partial charge in [-0.25, -0.2) is 9.67 Å². The molecule has 0 saturated heterocycles. The fourth-order valence-corrected chi connectivity index (χ4v) is 2.84. The lowest BCUT2D eigenvalue weighted by Crippen LogP contribution is -2.21. The van der Waals surface area contributed by atoms with E-state index in [2.05, 4.69) is 30.8 Å². The molecule has 11 nitrogen and oxygen atoms in total. The van der Waals surface area contributed by atoms with Gasteiger partial charge in [0.2, 0.25) is 17.6 Å². The molecule has 0 aliphatic rings. The SMILES string of the molecule is NC(=O)c1ccc(-c2nnn(CC(=O)Nc3cc(Cl)ccc3-n3cncn3)n2)cc1. The second-order valence-corrected chi connectivity index (χ2v) is 6.57. The molecule has 12 heteroatoms. The zero-order chi connectivity index (χ0) is 21.1. The first-order chi connectivity index (χ1) is 14.5. The number of aromatic nitrogens is 7. The smallest absolute Gasteiger partial charge is 0.248 e. The van der Waals surface area contributed by atoms with E-state index in [1.165, 1.54) is 17.3 Å². The van der Waals surface area contributed by atoms with Gasteiger partial charge < -0.3 is 11.1 Å². The van der Waals surface area contributed by atoms with Crippen molar-refractivity contribution in [1.82, 2.24) is 35.0 Å². The van der Waals surface area contributed by atoms with Gasteiger partial charge in [-0.15, -0.1) is 10.2 Å². The number of carbonyl (C=O) groups is 2. The molecule has 2 heterocycles. The van der Waals surface area contributed by atoms with E-state index in [1.807, 2.05) is 0 Å². The van der Waals surface area contributed by atoms with Gasteiger partial charge in [-0.2, -0.15) is 9.90 Å². The molecule has 0 radical (unpaired) electrons. The van der Waals surface area contributed by atoms with Crippen molar-refractivity contribution in [3.63, 3.8) is 0 Å². The molecule has 4 aromatic rings. The summed E-state index contributed by atoms with van der Waals surface area (Å²) in [4.78, 5) is 28.7. The third kappa shape index (κ3) is 4.15. The summed E-state index contributed by atoms with van der Waals surface area (Å²) >= 11 is 6.06. The van der Waals surface area contributed by atoms with Crippen LogP contribution in [0.2, 0.25) is 5.02 Å². The van der Waals surface area contributed by atoms with Gasteiger partial charge in [0.1, 0.15) is 19.2 Å². The molecule has 30 heavy (non-hydrogen) atoms. The number of nitrogens with one attached hydrogen (secondary N) is 1. The Morgan fingerprint density at radius 3 is 2.63 bits per heavy atom. The number of anilines is 1. The Balaban J connectivity index is 1.48. The van der Waals surface area contributed by atoms with E-state index < -0.39 is 5.91 Å². The van der Waals surface area contributed by atoms with Crippen LogP contribution >= 0.6 is 11.6 Å². The molecule has 2 amide bonds. The average molecular weight is 424 g/mol. The van der Waals surface area contributed by atoms with Crippen molar-refractivity contribution in [2.24, 2.45) is 5.73 Å². The standard InChI is InChI=1S/C18H14ClN9O2/c19-13-5-6-15(27-10-21-9-22-27)14(7-13)23-16(29)8-28-25-18(24-26-28)12-3-1-11(2-4-12)17(20)30/h1-7,9-10H,8H2,(H2,20,30)(H,23,29). The minimum absolute atomic E-state index is 0.171. The molecule has 0 atom stereocenters. The van der Waals surface area contributed by atoms with Crippen LogP contribution in [0.15, 0.2) is 55.1 Å². The Hall–Kier alpha value is -4.12. The molecular formula is C18H14ClN9O2. The third-order valence-electron chi connectivity index (χ3n) is 4.06. The molecule has 150 valence electrons. The van der Waals surface area contributed by atoms with E-state index >= 15 is 0 Å². The summed E-state index contributed by atoms with van der Waals surface area (Å²) in [5.74, 6) is -0.599. The number of benzene rings is 2. The van der Waals surface area contributed by atoms with Gasteiger partial charge in [-0.3, -0.25) is 9.59 Å². The maximum Gasteiger partial charge on any atom is 0.248 e. The molecule has 0 spiro atoms. The van der Waals surface area contributed by atoms with Crippen LogP contribution < -0.4 is 11.1 Å². The van der Waals surface area contributed by atoms with Gasteiger partial charge in [-0.05, 0) is 35.5 Å². The fraction of sp³-hybridized carbons (Fsp3) is 0.0556. The highest BCUT2D eigenvalue weighted by atomic mass is 35.5. The van der Waals surface area contributed by atoms with E-state index in [-0.39, 0.29) is 12.5 Å². The summed E-state index contributed by atoms with van der Waals surface area (Å²) < 4.78 is 1.51. The Morgan fingerprint density at radius 1 is 1.13 bits per heavy atom. The predicted molar refractivity (Wildman–Crippen MR) is 107 cm³/mol. The fourth-order valence-electron chi connectivity index (χ4n) is 2.67. The second-order valence-electron chi connectivity index (χ2n) is 6.13. The van der Waals surface area contributed by atoms with Crippen LogP contribution in [0.25, 0.3) is 17.1 Å². The molecule has 0 fully saturated rings. The van der Waals surface area contributed by atoms with Crippen molar-refractivity contribution < 1.29 is 9.59 Å². The van der Waals surface area contributed by atoms with Crippen molar-refractivity contribution in [1.29, 1.82) is 0 Å². The third-order valence-corrected chi connectivity index (χ3v) is 4.30. The van der Waals surface area contributed by atoms with Gasteiger partial charge in [0.25, 0.3) is 0 Å². The molecular weight excluding hydrogens is 410 g/mol. The molecule has 0 aliphatic heterocycles. The Bertz CT molecular complexity index is 1200. The van der Waals surface area contributed by atoms with E-state index in [0.717, 1.165) is 4.80 Å². The first-order valence-corrected chi connectivity index (χ1v) is 9.00. The summed E-state index contributed by atoms with van der Waals surface area (Å²) in [7, 11) is 0. The lowest BCUT2D eigenvalue weighted by molar-refractivity contribution is -0.117. The summed E-state index contributed by atoms with van der Waals surface area (Å²) in [6.45, 7) is -0.171. The Labute approximate surface area is 174 Å². The number of hydrogen-bond acceptors (Lipinski definition) is 7. The minimum atomic E-state index is -0.527. The molecule has 0 saturated carbocycles. The summed E-state index contributed by atoms with van der Waals surface area (Å²) in [6.07, 6.45) is 2.89. The quantitative estimate of drug-likeness (QED) is 0.475. The largest absolute Gasteiger partial charge is 0.366 e. The van der Waals surface area contributed by atoms with E-state index in [4.69, 9.17) is 17.3 Å². The maximum atomic E-state index is 12.5. The Kier molecular flexibility index (Phi) is 5.18. The van der Waals surface area contributed by atoms with Gasteiger partial charge in [0, 0.05) is 16.1 Å². The van der Waals surface area contributed by atoms with Crippen LogP contribution in [0, 0.1) is 0 Å². The second kappa shape index (κ2) is 8.09. The molecule has 0 bridgehead atoms. The molecule has 0 unspecified atom stereocenters. The van der Waals surface area contributed by atoms with Gasteiger partial charge >= 0.3 is 0 Å². The number of nitrogens with zero attached hydrogens (tertiary/aromatic N) is 7. The minimum Gasteiger partial charge on any atom is -0.366 e. The van der Waals surface area contributed by atoms with Crippen LogP contribution in [-0.4, -0.2) is 46.8 Å². The molecule has 3 N–H and O–H groups in total. The lowest BCUT2D eigenvalue weighted by atomic mass is 10.1. The number of primary amides is 1. The lowest BCUT2D eigenvalue weighted by Gasteiger charge is -2.11. The highest BCUT2D eigenvalue weighted by Crippen LogP contribution is 2.24. The maximum absolute atomic E-state index is 12.5. The molecule has 0 aliphatic carbocycles. The van der Waals surface area contributed by atoms with Gasteiger partial charge in [0.15, 0.2) is 0 Å². The number of amides is 2. The van der Waals surface area contributed by atoms with Crippen LogP contribution in [0.4, 0.5) is 5.69 Å². The van der Waals surface area contributed by atoms with Crippen molar-refractivity contribution >= 4 is 29.1 Å². The number of rotatable bonds is 6. The summed E-state index contributed by atoms with van der Waals surface area (Å²) in [6, 6.07) is 11.4. The van der Waals surface area contributed by atoms with Crippen molar-refractivity contribution in [2.75, 3.05) is 5.32 Å². The van der Waals surface area contributed by atoms with Crippen molar-refractivity contribution in [3.8, 4) is 17.1 Å². The van der Waals surface area contributed by atoms with Crippen LogP contribution in [0.1, 0.15) is 10.4 Å². The number of hydrogen-bond donors (Lipinski definition) is 2. The number of carbonyl (C=O) groups excluding carboxylic acids is 2. The van der Waals surface area contributed by atoms with Crippen LogP contribution in [-0.2, 0) is 11.3 Å². The predicted octanol–water partition coefficient (Wildman–Crippen LogP) is 1.31. The van der Waals surface area contributed by atoms with Crippen LogP contribution in [0.3, 0.4) is 0 Å². The number of tetrazole rings is 1. The topological polar surface area (TPSA) is 146 Å². The number of halogens is 1. The van der Waals surface area contributed by atoms with Crippen LogP contribution in [0.5, 0.6) is 0 Å². The van der Waals surface area contributed by atoms with Crippen molar-refractivity contribution in [3.05, 3.63) is 65.7 Å².